The van der Waals surface area contributed by atoms with Crippen LogP contribution in [0.25, 0.3) is 11.3 Å². The van der Waals surface area contributed by atoms with Crippen molar-refractivity contribution in [3.05, 3.63) is 70.3 Å². The summed E-state index contributed by atoms with van der Waals surface area (Å²) < 4.78 is 46.8. The number of carbonyl (C=O) groups is 2. The van der Waals surface area contributed by atoms with Crippen molar-refractivity contribution >= 4 is 34.9 Å². The maximum atomic E-state index is 14.9. The normalized spacial score (nSPS) is 17.5. The minimum Gasteiger partial charge on any atom is -0.434 e. The minimum atomic E-state index is -3.23. The summed E-state index contributed by atoms with van der Waals surface area (Å²) in [6.07, 6.45) is 4.12. The first kappa shape index (κ1) is 29.1. The van der Waals surface area contributed by atoms with Gasteiger partial charge < -0.3 is 10.1 Å². The molecule has 11 nitrogen and oxygen atoms in total. The zero-order chi connectivity index (χ0) is 31.3. The second kappa shape index (κ2) is 11.2. The summed E-state index contributed by atoms with van der Waals surface area (Å²) in [5.41, 5.74) is 0.989. The van der Waals surface area contributed by atoms with Crippen LogP contribution < -0.4 is 15.0 Å². The van der Waals surface area contributed by atoms with Gasteiger partial charge in [0.2, 0.25) is 5.91 Å². The largest absolute Gasteiger partial charge is 0.434 e. The Hall–Kier alpha value is -5.03. The lowest BCUT2D eigenvalue weighted by atomic mass is 9.89. The number of benzene rings is 1. The highest BCUT2D eigenvalue weighted by molar-refractivity contribution is 6.31. The van der Waals surface area contributed by atoms with Crippen LogP contribution in [0.15, 0.2) is 36.8 Å². The van der Waals surface area contributed by atoms with Crippen LogP contribution in [0, 0.1) is 43.3 Å². The van der Waals surface area contributed by atoms with Crippen LogP contribution in [0.4, 0.5) is 24.7 Å². The minimum absolute atomic E-state index is 0.0345. The molecule has 0 bridgehead atoms. The van der Waals surface area contributed by atoms with Crippen LogP contribution in [0.5, 0.6) is 5.75 Å². The number of aryl methyl sites for hydroxylation is 2. The third-order valence-corrected chi connectivity index (χ3v) is 7.65. The molecule has 1 aliphatic heterocycles. The Kier molecular flexibility index (Phi) is 7.42. The van der Waals surface area contributed by atoms with Crippen LogP contribution in [0.1, 0.15) is 40.4 Å². The molecular weight excluding hydrogens is 601 g/mol. The lowest BCUT2D eigenvalue weighted by Gasteiger charge is -2.18. The van der Waals surface area contributed by atoms with E-state index in [9.17, 15) is 22.8 Å². The first-order valence-electron chi connectivity index (χ1n) is 13.3. The molecule has 224 valence electrons. The van der Waals surface area contributed by atoms with Gasteiger partial charge in [-0.25, -0.2) is 9.37 Å². The number of amides is 2. The summed E-state index contributed by atoms with van der Waals surface area (Å²) in [5, 5.41) is 15.3. The molecule has 1 saturated heterocycles. The monoisotopic (exact) mass is 622 g/mol. The number of aromatic nitrogens is 6. The van der Waals surface area contributed by atoms with Gasteiger partial charge in [0, 0.05) is 12.7 Å². The summed E-state index contributed by atoms with van der Waals surface area (Å²) in [6.45, 7) is 2.46. The number of nitrogens with one attached hydrogen (secondary N) is 1. The lowest BCUT2D eigenvalue weighted by molar-refractivity contribution is -0.119. The number of rotatable bonds is 8. The van der Waals surface area contributed by atoms with Crippen molar-refractivity contribution in [1.29, 1.82) is 0 Å². The van der Waals surface area contributed by atoms with E-state index < -0.39 is 35.7 Å². The van der Waals surface area contributed by atoms with Crippen LogP contribution in [0.3, 0.4) is 0 Å². The molecule has 0 radical (unpaired) electrons. The van der Waals surface area contributed by atoms with Crippen LogP contribution in [0.2, 0.25) is 5.02 Å². The molecule has 15 heteroatoms. The quantitative estimate of drug-likeness (QED) is 0.283. The fraction of sp³-hybridized carbons (Fsp3) is 0.276. The molecule has 4 heterocycles. The van der Waals surface area contributed by atoms with Crippen molar-refractivity contribution in [2.75, 3.05) is 16.8 Å². The van der Waals surface area contributed by atoms with Crippen LogP contribution in [-0.2, 0) is 4.79 Å². The number of carbonyl (C=O) groups excluding carboxylic acids is 2. The number of alkyl halides is 2. The van der Waals surface area contributed by atoms with Gasteiger partial charge in [-0.1, -0.05) is 23.4 Å². The SMILES string of the molecule is Cc1cc([C@H](C)n2cc(NC(=O)c3nc(-c4c(OC(F)F)ccc(Cl)c4F)cnc3C)cn2)nnc1N1C[C@H]2C#C[C@H]2C1=O. The van der Waals surface area contributed by atoms with Gasteiger partial charge in [-0.05, 0) is 44.5 Å². The second-order valence-corrected chi connectivity index (χ2v) is 10.6. The molecule has 3 aromatic heterocycles. The highest BCUT2D eigenvalue weighted by Gasteiger charge is 2.44. The number of nitrogens with zero attached hydrogens (tertiary/aromatic N) is 7. The average Bonchev–Trinajstić information content (AvgIpc) is 3.51. The number of fused-ring (bicyclic) bond motifs is 1. The number of hydrogen-bond acceptors (Lipinski definition) is 8. The summed E-state index contributed by atoms with van der Waals surface area (Å²) in [5.74, 6) is 3.82. The first-order valence-corrected chi connectivity index (χ1v) is 13.7. The molecule has 0 unspecified atom stereocenters. The highest BCUT2D eigenvalue weighted by atomic mass is 35.5. The van der Waals surface area contributed by atoms with Crippen molar-refractivity contribution in [2.24, 2.45) is 11.8 Å². The van der Waals surface area contributed by atoms with Crippen molar-refractivity contribution in [3.63, 3.8) is 0 Å². The Morgan fingerprint density at radius 1 is 1.20 bits per heavy atom. The van der Waals surface area contributed by atoms with Crippen molar-refractivity contribution in [1.82, 2.24) is 29.9 Å². The van der Waals surface area contributed by atoms with Crippen molar-refractivity contribution in [2.45, 2.75) is 33.4 Å². The van der Waals surface area contributed by atoms with Gasteiger partial charge >= 0.3 is 6.61 Å². The van der Waals surface area contributed by atoms with Gasteiger partial charge in [0.05, 0.1) is 57.7 Å². The lowest BCUT2D eigenvalue weighted by Crippen LogP contribution is -2.28. The smallest absolute Gasteiger partial charge is 0.387 e. The van der Waals surface area contributed by atoms with Crippen LogP contribution >= 0.6 is 11.6 Å². The Morgan fingerprint density at radius 2 is 2.00 bits per heavy atom. The number of halogens is 4. The van der Waals surface area contributed by atoms with Gasteiger partial charge in [0.1, 0.15) is 17.4 Å². The Labute approximate surface area is 253 Å². The summed E-state index contributed by atoms with van der Waals surface area (Å²) >= 11 is 5.87. The third kappa shape index (κ3) is 5.19. The Balaban J connectivity index is 1.20. The van der Waals surface area contributed by atoms with E-state index in [1.165, 1.54) is 13.1 Å². The van der Waals surface area contributed by atoms with E-state index in [0.29, 0.717) is 23.7 Å². The fourth-order valence-electron chi connectivity index (χ4n) is 4.98. The highest BCUT2D eigenvalue weighted by Crippen LogP contribution is 2.37. The number of hydrogen-bond donors (Lipinski definition) is 1. The van der Waals surface area contributed by atoms with E-state index in [-0.39, 0.29) is 39.8 Å². The van der Waals surface area contributed by atoms with E-state index in [1.807, 2.05) is 19.9 Å². The molecule has 1 aromatic carbocycles. The predicted octanol–water partition coefficient (Wildman–Crippen LogP) is 4.60. The van der Waals surface area contributed by atoms with Gasteiger partial charge in [-0.3, -0.25) is 24.2 Å². The van der Waals surface area contributed by atoms with Gasteiger partial charge in [0.15, 0.2) is 11.6 Å². The Morgan fingerprint density at radius 3 is 2.66 bits per heavy atom. The molecular formula is C29H22ClF3N8O3. The number of anilines is 2. The van der Waals surface area contributed by atoms with Gasteiger partial charge in [0.25, 0.3) is 5.91 Å². The Bertz CT molecular complexity index is 1890. The molecule has 6 rings (SSSR count). The van der Waals surface area contributed by atoms with E-state index in [4.69, 9.17) is 11.6 Å². The fourth-order valence-corrected chi connectivity index (χ4v) is 5.13. The standard InChI is InChI=1S/C29H22ClF3N8O3/c1-13-8-20(38-39-26(13)40-11-16-4-5-18(16)28(40)43)15(3)41-12-17(9-35-41)36-27(42)25-14(2)34-10-21(37-25)23-22(44-29(32)33)7-6-19(30)24(23)31/h6-10,12,15-16,18,29H,11H2,1-3H3,(H,36,42)/t15-,16+,18+/m0/s1. The predicted molar refractivity (Wildman–Crippen MR) is 152 cm³/mol. The van der Waals surface area contributed by atoms with Crippen molar-refractivity contribution < 1.29 is 27.5 Å². The summed E-state index contributed by atoms with van der Waals surface area (Å²) in [4.78, 5) is 35.7. The summed E-state index contributed by atoms with van der Waals surface area (Å²) in [6, 6.07) is 3.58. The first-order chi connectivity index (χ1) is 21.0. The molecule has 4 aromatic rings. The zero-order valence-electron chi connectivity index (χ0n) is 23.3. The molecule has 44 heavy (non-hydrogen) atoms. The van der Waals surface area contributed by atoms with E-state index >= 15 is 0 Å². The average molecular weight is 623 g/mol. The van der Waals surface area contributed by atoms with Crippen LogP contribution in [-0.4, -0.2) is 54.9 Å². The number of ether oxygens (including phenoxy) is 1. The molecule has 0 saturated carbocycles. The molecule has 1 N–H and O–H groups in total. The van der Waals surface area contributed by atoms with Crippen molar-refractivity contribution in [3.8, 4) is 28.8 Å². The molecule has 0 spiro atoms. The van der Waals surface area contributed by atoms with Gasteiger partial charge in [-0.15, -0.1) is 5.10 Å². The maximum Gasteiger partial charge on any atom is 0.387 e. The van der Waals surface area contributed by atoms with E-state index in [0.717, 1.165) is 23.9 Å². The van der Waals surface area contributed by atoms with E-state index in [1.54, 1.807) is 15.8 Å². The topological polar surface area (TPSA) is 128 Å². The second-order valence-electron chi connectivity index (χ2n) is 10.2. The molecule has 1 fully saturated rings. The molecule has 2 amide bonds. The third-order valence-electron chi connectivity index (χ3n) is 7.35. The van der Waals surface area contributed by atoms with Gasteiger partial charge in [-0.2, -0.15) is 19.0 Å². The zero-order valence-corrected chi connectivity index (χ0v) is 24.1. The van der Waals surface area contributed by atoms with E-state index in [2.05, 4.69) is 47.2 Å². The molecule has 1 aliphatic carbocycles. The molecule has 2 aliphatic rings. The molecule has 3 atom stereocenters. The maximum absolute atomic E-state index is 14.9. The summed E-state index contributed by atoms with van der Waals surface area (Å²) in [7, 11) is 0.